The number of carbonyl (C=O) groups excluding carboxylic acids is 1. The fourth-order valence-corrected chi connectivity index (χ4v) is 2.23. The zero-order valence-corrected chi connectivity index (χ0v) is 10.5. The Hall–Kier alpha value is 0.390. The molecule has 2 aliphatic rings. The summed E-state index contributed by atoms with van der Waals surface area (Å²) in [5.74, 6) is -2.47. The van der Waals surface area contributed by atoms with E-state index < -0.39 is 17.7 Å². The largest absolute Gasteiger partial charge is 1.00 e. The molecule has 1 aliphatic carbocycles. The van der Waals surface area contributed by atoms with Crippen molar-refractivity contribution in [2.75, 3.05) is 13.2 Å². The van der Waals surface area contributed by atoms with Gasteiger partial charge in [0.15, 0.2) is 5.79 Å². The number of aliphatic carboxylic acids is 1. The van der Waals surface area contributed by atoms with Crippen molar-refractivity contribution in [3.05, 3.63) is 0 Å². The molecule has 0 aromatic rings. The summed E-state index contributed by atoms with van der Waals surface area (Å²) in [6.07, 6.45) is 3.20. The molecule has 1 unspecified atom stereocenters. The van der Waals surface area contributed by atoms with Crippen LogP contribution >= 0.6 is 0 Å². The SMILES string of the molecule is O=C([O-])C1CCCCC12OCCO2.[Na+]. The summed E-state index contributed by atoms with van der Waals surface area (Å²) in [5, 5.41) is 10.8. The van der Waals surface area contributed by atoms with Crippen LogP contribution < -0.4 is 34.7 Å². The number of ether oxygens (including phenoxy) is 2. The van der Waals surface area contributed by atoms with Crippen LogP contribution in [-0.2, 0) is 14.3 Å². The summed E-state index contributed by atoms with van der Waals surface area (Å²) >= 11 is 0. The summed E-state index contributed by atoms with van der Waals surface area (Å²) in [5.41, 5.74) is 0. The quantitative estimate of drug-likeness (QED) is 0.423. The van der Waals surface area contributed by atoms with Gasteiger partial charge in [-0.05, 0) is 12.8 Å². The molecule has 5 heteroatoms. The third kappa shape index (κ3) is 2.14. The smallest absolute Gasteiger partial charge is 0.550 e. The summed E-state index contributed by atoms with van der Waals surface area (Å²) in [4.78, 5) is 10.8. The van der Waals surface area contributed by atoms with Gasteiger partial charge < -0.3 is 19.4 Å². The summed E-state index contributed by atoms with van der Waals surface area (Å²) in [6, 6.07) is 0. The fraction of sp³-hybridized carbons (Fsp3) is 0.889. The van der Waals surface area contributed by atoms with E-state index in [1.165, 1.54) is 0 Å². The standard InChI is InChI=1S/C9H14O4.Na/c10-8(11)7-3-1-2-4-9(7)12-5-6-13-9;/h7H,1-6H2,(H,10,11);/q;+1/p-1. The molecule has 4 nitrogen and oxygen atoms in total. The van der Waals surface area contributed by atoms with E-state index in [9.17, 15) is 9.90 Å². The van der Waals surface area contributed by atoms with Crippen molar-refractivity contribution in [3.8, 4) is 0 Å². The van der Waals surface area contributed by atoms with Gasteiger partial charge in [-0.2, -0.15) is 0 Å². The van der Waals surface area contributed by atoms with Crippen LogP contribution in [0.25, 0.3) is 0 Å². The molecule has 1 saturated heterocycles. The zero-order valence-electron chi connectivity index (χ0n) is 8.45. The number of carboxylic acid groups (broad SMARTS) is 1. The van der Waals surface area contributed by atoms with Crippen LogP contribution in [0.4, 0.5) is 0 Å². The maximum absolute atomic E-state index is 10.8. The molecule has 0 aromatic carbocycles. The van der Waals surface area contributed by atoms with Crippen molar-refractivity contribution in [1.82, 2.24) is 0 Å². The minimum Gasteiger partial charge on any atom is -0.550 e. The Morgan fingerprint density at radius 1 is 1.29 bits per heavy atom. The first-order valence-corrected chi connectivity index (χ1v) is 4.73. The molecule has 1 atom stereocenters. The number of hydrogen-bond acceptors (Lipinski definition) is 4. The van der Waals surface area contributed by atoms with Gasteiger partial charge in [-0.25, -0.2) is 0 Å². The van der Waals surface area contributed by atoms with Crippen molar-refractivity contribution in [2.24, 2.45) is 5.92 Å². The molecule has 2 rings (SSSR count). The first-order chi connectivity index (χ1) is 6.25. The van der Waals surface area contributed by atoms with Crippen LogP contribution in [0.3, 0.4) is 0 Å². The van der Waals surface area contributed by atoms with E-state index in [1.807, 2.05) is 0 Å². The molecule has 1 spiro atoms. The third-order valence-electron chi connectivity index (χ3n) is 2.86. The van der Waals surface area contributed by atoms with Crippen LogP contribution in [0.1, 0.15) is 25.7 Å². The Morgan fingerprint density at radius 2 is 1.93 bits per heavy atom. The van der Waals surface area contributed by atoms with E-state index in [4.69, 9.17) is 9.47 Å². The normalized spacial score (nSPS) is 29.9. The Morgan fingerprint density at radius 3 is 2.50 bits per heavy atom. The molecule has 0 bridgehead atoms. The molecule has 2 fully saturated rings. The van der Waals surface area contributed by atoms with Gasteiger partial charge in [0.1, 0.15) is 0 Å². The van der Waals surface area contributed by atoms with Crippen molar-refractivity contribution < 1.29 is 48.9 Å². The molecule has 0 amide bonds. The van der Waals surface area contributed by atoms with E-state index in [0.29, 0.717) is 26.1 Å². The second-order valence-corrected chi connectivity index (χ2v) is 3.63. The van der Waals surface area contributed by atoms with E-state index in [2.05, 4.69) is 0 Å². The van der Waals surface area contributed by atoms with Crippen molar-refractivity contribution in [2.45, 2.75) is 31.5 Å². The maximum atomic E-state index is 10.8. The van der Waals surface area contributed by atoms with E-state index >= 15 is 0 Å². The first kappa shape index (κ1) is 12.5. The molecule has 0 N–H and O–H groups in total. The van der Waals surface area contributed by atoms with Crippen LogP contribution in [0.5, 0.6) is 0 Å². The Kier molecular flexibility index (Phi) is 4.40. The fourth-order valence-electron chi connectivity index (χ4n) is 2.23. The van der Waals surface area contributed by atoms with Crippen LogP contribution in [-0.4, -0.2) is 25.0 Å². The maximum Gasteiger partial charge on any atom is 1.00 e. The van der Waals surface area contributed by atoms with Crippen molar-refractivity contribution >= 4 is 5.97 Å². The third-order valence-corrected chi connectivity index (χ3v) is 2.86. The Balaban J connectivity index is 0.000000980. The van der Waals surface area contributed by atoms with Gasteiger partial charge >= 0.3 is 29.6 Å². The topological polar surface area (TPSA) is 58.6 Å². The number of carbonyl (C=O) groups is 1. The molecule has 1 heterocycles. The van der Waals surface area contributed by atoms with E-state index in [0.717, 1.165) is 12.8 Å². The zero-order chi connectivity index (χ0) is 9.31. The van der Waals surface area contributed by atoms with Gasteiger partial charge in [0.2, 0.25) is 0 Å². The van der Waals surface area contributed by atoms with E-state index in [1.54, 1.807) is 0 Å². The summed E-state index contributed by atoms with van der Waals surface area (Å²) in [7, 11) is 0. The van der Waals surface area contributed by atoms with E-state index in [-0.39, 0.29) is 29.6 Å². The predicted octanol–water partition coefficient (Wildman–Crippen LogP) is -3.33. The van der Waals surface area contributed by atoms with Gasteiger partial charge in [-0.15, -0.1) is 0 Å². The number of hydrogen-bond donors (Lipinski definition) is 0. The molecule has 1 aliphatic heterocycles. The number of rotatable bonds is 1. The molecule has 0 aromatic heterocycles. The van der Waals surface area contributed by atoms with Gasteiger partial charge in [0, 0.05) is 12.4 Å². The number of carboxylic acids is 1. The second-order valence-electron chi connectivity index (χ2n) is 3.63. The second kappa shape index (κ2) is 4.94. The molecule has 74 valence electrons. The first-order valence-electron chi connectivity index (χ1n) is 4.73. The van der Waals surface area contributed by atoms with Crippen LogP contribution in [0.15, 0.2) is 0 Å². The van der Waals surface area contributed by atoms with Crippen molar-refractivity contribution in [1.29, 1.82) is 0 Å². The monoisotopic (exact) mass is 208 g/mol. The molecule has 0 radical (unpaired) electrons. The average Bonchev–Trinajstić information content (AvgIpc) is 2.54. The molecule has 1 saturated carbocycles. The summed E-state index contributed by atoms with van der Waals surface area (Å²) in [6.45, 7) is 1.01. The Labute approximate surface area is 105 Å². The van der Waals surface area contributed by atoms with Gasteiger partial charge in [0.25, 0.3) is 0 Å². The molecular formula is C9H13NaO4. The molecular weight excluding hydrogens is 195 g/mol. The van der Waals surface area contributed by atoms with Gasteiger partial charge in [-0.1, -0.05) is 6.42 Å². The van der Waals surface area contributed by atoms with Crippen LogP contribution in [0.2, 0.25) is 0 Å². The van der Waals surface area contributed by atoms with Crippen LogP contribution in [0, 0.1) is 5.92 Å². The Bertz CT molecular complexity index is 213. The summed E-state index contributed by atoms with van der Waals surface area (Å²) < 4.78 is 10.8. The van der Waals surface area contributed by atoms with Gasteiger partial charge in [0.05, 0.1) is 19.1 Å². The van der Waals surface area contributed by atoms with Crippen molar-refractivity contribution in [3.63, 3.8) is 0 Å². The average molecular weight is 208 g/mol. The minimum absolute atomic E-state index is 0. The van der Waals surface area contributed by atoms with Gasteiger partial charge in [-0.3, -0.25) is 0 Å². The minimum atomic E-state index is -1.04. The molecule has 14 heavy (non-hydrogen) atoms. The predicted molar refractivity (Wildman–Crippen MR) is 41.6 cm³/mol.